The summed E-state index contributed by atoms with van der Waals surface area (Å²) in [6, 6.07) is 7.91. The zero-order valence-corrected chi connectivity index (χ0v) is 18.0. The minimum absolute atomic E-state index is 0.00849. The first-order chi connectivity index (χ1) is 15.0. The average Bonchev–Trinajstić information content (AvgIpc) is 3.20. The number of piperidine rings is 1. The summed E-state index contributed by atoms with van der Waals surface area (Å²) < 4.78 is 13.3. The fourth-order valence-electron chi connectivity index (χ4n) is 4.39. The van der Waals surface area contributed by atoms with Crippen molar-refractivity contribution < 1.29 is 14.0 Å². The number of rotatable bonds is 5. The summed E-state index contributed by atoms with van der Waals surface area (Å²) in [7, 11) is 1.82. The third kappa shape index (κ3) is 4.52. The maximum Gasteiger partial charge on any atom is 0.227 e. The van der Waals surface area contributed by atoms with Crippen molar-refractivity contribution in [1.82, 2.24) is 14.9 Å². The summed E-state index contributed by atoms with van der Waals surface area (Å²) in [6.45, 7) is 3.84. The predicted molar refractivity (Wildman–Crippen MR) is 117 cm³/mol. The van der Waals surface area contributed by atoms with Crippen LogP contribution in [0, 0.1) is 5.82 Å². The van der Waals surface area contributed by atoms with Gasteiger partial charge in [-0.25, -0.2) is 14.4 Å². The molecule has 4 rings (SSSR count). The quantitative estimate of drug-likeness (QED) is 0.795. The molecule has 1 unspecified atom stereocenters. The van der Waals surface area contributed by atoms with E-state index in [0.29, 0.717) is 25.1 Å². The van der Waals surface area contributed by atoms with Gasteiger partial charge in [0.25, 0.3) is 0 Å². The number of hydrogen-bond acceptors (Lipinski definition) is 5. The van der Waals surface area contributed by atoms with Crippen molar-refractivity contribution in [2.75, 3.05) is 36.9 Å². The standard InChI is InChI=1S/C23H28FN5O2/c1-3-21(30)28-10-8-15(9-11-28)23-26-19(13-20(25-2)27-23)16-12-22(31)29(14-16)18-6-4-17(24)5-7-18/h4-7,13,15-16H,3,8-12,14H2,1-2H3,(H,25,26,27). The second-order valence-electron chi connectivity index (χ2n) is 8.18. The lowest BCUT2D eigenvalue weighted by Crippen LogP contribution is -2.37. The molecule has 0 saturated carbocycles. The first kappa shape index (κ1) is 21.2. The molecule has 3 heterocycles. The summed E-state index contributed by atoms with van der Waals surface area (Å²) in [5, 5.41) is 3.11. The van der Waals surface area contributed by atoms with E-state index in [4.69, 9.17) is 4.98 Å². The average molecular weight is 426 g/mol. The highest BCUT2D eigenvalue weighted by atomic mass is 19.1. The van der Waals surface area contributed by atoms with Gasteiger partial charge >= 0.3 is 0 Å². The van der Waals surface area contributed by atoms with Crippen LogP contribution in [0.25, 0.3) is 0 Å². The molecular weight excluding hydrogens is 397 g/mol. The van der Waals surface area contributed by atoms with Crippen LogP contribution in [0.15, 0.2) is 30.3 Å². The van der Waals surface area contributed by atoms with Crippen molar-refractivity contribution >= 4 is 23.3 Å². The highest BCUT2D eigenvalue weighted by Gasteiger charge is 2.34. The van der Waals surface area contributed by atoms with Crippen LogP contribution >= 0.6 is 0 Å². The zero-order valence-electron chi connectivity index (χ0n) is 18.0. The van der Waals surface area contributed by atoms with Gasteiger partial charge in [0.2, 0.25) is 11.8 Å². The number of hydrogen-bond donors (Lipinski definition) is 1. The topological polar surface area (TPSA) is 78.4 Å². The minimum Gasteiger partial charge on any atom is -0.373 e. The van der Waals surface area contributed by atoms with Gasteiger partial charge in [-0.15, -0.1) is 0 Å². The van der Waals surface area contributed by atoms with E-state index in [0.717, 1.165) is 43.3 Å². The zero-order chi connectivity index (χ0) is 22.0. The van der Waals surface area contributed by atoms with Gasteiger partial charge in [0.05, 0.1) is 5.69 Å². The van der Waals surface area contributed by atoms with E-state index in [9.17, 15) is 14.0 Å². The molecule has 8 heteroatoms. The number of halogens is 1. The number of anilines is 2. The largest absolute Gasteiger partial charge is 0.373 e. The van der Waals surface area contributed by atoms with Crippen molar-refractivity contribution in [2.24, 2.45) is 0 Å². The fraction of sp³-hybridized carbons (Fsp3) is 0.478. The summed E-state index contributed by atoms with van der Waals surface area (Å²) in [5.41, 5.74) is 1.55. The van der Waals surface area contributed by atoms with Gasteiger partial charge < -0.3 is 15.1 Å². The van der Waals surface area contributed by atoms with Crippen LogP contribution in [0.2, 0.25) is 0 Å². The molecule has 2 fully saturated rings. The van der Waals surface area contributed by atoms with Gasteiger partial charge in [-0.3, -0.25) is 9.59 Å². The molecule has 7 nitrogen and oxygen atoms in total. The van der Waals surface area contributed by atoms with E-state index in [1.807, 2.05) is 24.9 Å². The van der Waals surface area contributed by atoms with E-state index < -0.39 is 0 Å². The minimum atomic E-state index is -0.322. The fourth-order valence-corrected chi connectivity index (χ4v) is 4.39. The molecule has 0 bridgehead atoms. The molecule has 31 heavy (non-hydrogen) atoms. The van der Waals surface area contributed by atoms with Crippen LogP contribution in [0.4, 0.5) is 15.9 Å². The Morgan fingerprint density at radius 3 is 2.52 bits per heavy atom. The molecule has 2 amide bonds. The molecule has 1 aromatic heterocycles. The Morgan fingerprint density at radius 1 is 1.16 bits per heavy atom. The smallest absolute Gasteiger partial charge is 0.227 e. The normalized spacial score (nSPS) is 19.7. The van der Waals surface area contributed by atoms with E-state index in [-0.39, 0.29) is 29.5 Å². The third-order valence-electron chi connectivity index (χ3n) is 6.22. The summed E-state index contributed by atoms with van der Waals surface area (Å²) >= 11 is 0. The number of amides is 2. The molecule has 1 atom stereocenters. The van der Waals surface area contributed by atoms with Gasteiger partial charge in [-0.1, -0.05) is 6.92 Å². The summed E-state index contributed by atoms with van der Waals surface area (Å²) in [6.07, 6.45) is 2.56. The Morgan fingerprint density at radius 2 is 1.87 bits per heavy atom. The van der Waals surface area contributed by atoms with Crippen LogP contribution in [-0.4, -0.2) is 53.4 Å². The third-order valence-corrected chi connectivity index (χ3v) is 6.22. The maximum atomic E-state index is 13.3. The van der Waals surface area contributed by atoms with Crippen molar-refractivity contribution in [3.63, 3.8) is 0 Å². The molecule has 2 aliphatic rings. The van der Waals surface area contributed by atoms with Crippen LogP contribution in [0.1, 0.15) is 56.0 Å². The highest BCUT2D eigenvalue weighted by molar-refractivity contribution is 5.96. The molecular formula is C23H28FN5O2. The van der Waals surface area contributed by atoms with E-state index >= 15 is 0 Å². The van der Waals surface area contributed by atoms with Crippen molar-refractivity contribution in [3.05, 3.63) is 47.7 Å². The molecule has 1 aromatic carbocycles. The molecule has 0 aliphatic carbocycles. The van der Waals surface area contributed by atoms with Crippen LogP contribution in [0.5, 0.6) is 0 Å². The molecule has 2 aromatic rings. The van der Waals surface area contributed by atoms with Crippen LogP contribution in [-0.2, 0) is 9.59 Å². The lowest BCUT2D eigenvalue weighted by molar-refractivity contribution is -0.131. The van der Waals surface area contributed by atoms with Crippen molar-refractivity contribution in [2.45, 2.75) is 44.4 Å². The van der Waals surface area contributed by atoms with Crippen LogP contribution < -0.4 is 10.2 Å². The molecule has 164 valence electrons. The number of nitrogens with one attached hydrogen (secondary N) is 1. The molecule has 2 aliphatic heterocycles. The SMILES string of the molecule is CCC(=O)N1CCC(c2nc(NC)cc(C3CC(=O)N(c4ccc(F)cc4)C3)n2)CC1. The van der Waals surface area contributed by atoms with Gasteiger partial charge in [0, 0.05) is 63.1 Å². The summed E-state index contributed by atoms with van der Waals surface area (Å²) in [4.78, 5) is 37.8. The van der Waals surface area contributed by atoms with Crippen LogP contribution in [0.3, 0.4) is 0 Å². The van der Waals surface area contributed by atoms with E-state index in [1.54, 1.807) is 17.0 Å². The second-order valence-corrected chi connectivity index (χ2v) is 8.18. The van der Waals surface area contributed by atoms with Crippen molar-refractivity contribution in [3.8, 4) is 0 Å². The Balaban J connectivity index is 1.52. The molecule has 0 spiro atoms. The Bertz CT molecular complexity index is 957. The Hall–Kier alpha value is -3.03. The number of aromatic nitrogens is 2. The number of benzene rings is 1. The van der Waals surface area contributed by atoms with E-state index in [1.165, 1.54) is 12.1 Å². The number of likely N-dealkylation sites (tertiary alicyclic amines) is 1. The maximum absolute atomic E-state index is 13.3. The molecule has 2 saturated heterocycles. The molecule has 0 radical (unpaired) electrons. The highest BCUT2D eigenvalue weighted by Crippen LogP contribution is 2.34. The number of carbonyl (C=O) groups is 2. The summed E-state index contributed by atoms with van der Waals surface area (Å²) in [5.74, 6) is 1.53. The van der Waals surface area contributed by atoms with Gasteiger partial charge in [-0.05, 0) is 37.1 Å². The second kappa shape index (κ2) is 8.99. The number of carbonyl (C=O) groups excluding carboxylic acids is 2. The Kier molecular flexibility index (Phi) is 6.15. The predicted octanol–water partition coefficient (Wildman–Crippen LogP) is 3.29. The Labute approximate surface area is 181 Å². The molecule has 1 N–H and O–H groups in total. The number of nitrogens with zero attached hydrogens (tertiary/aromatic N) is 4. The van der Waals surface area contributed by atoms with Crippen molar-refractivity contribution in [1.29, 1.82) is 0 Å². The lowest BCUT2D eigenvalue weighted by atomic mass is 9.95. The first-order valence-electron chi connectivity index (χ1n) is 10.9. The van der Waals surface area contributed by atoms with E-state index in [2.05, 4.69) is 10.3 Å². The van der Waals surface area contributed by atoms with Gasteiger partial charge in [-0.2, -0.15) is 0 Å². The van der Waals surface area contributed by atoms with Gasteiger partial charge in [0.1, 0.15) is 17.5 Å². The lowest BCUT2D eigenvalue weighted by Gasteiger charge is -2.31. The monoisotopic (exact) mass is 425 g/mol. The first-order valence-corrected chi connectivity index (χ1v) is 10.9. The van der Waals surface area contributed by atoms with Gasteiger partial charge in [0.15, 0.2) is 0 Å².